The minimum atomic E-state index is 0.194. The molecule has 0 aromatic heterocycles. The van der Waals surface area contributed by atoms with E-state index < -0.39 is 0 Å². The van der Waals surface area contributed by atoms with Crippen LogP contribution in [0.2, 0.25) is 0 Å². The third-order valence-corrected chi connectivity index (χ3v) is 3.37. The number of hydrogen-bond donors (Lipinski definition) is 0. The normalized spacial score (nSPS) is 20.3. The highest BCUT2D eigenvalue weighted by Crippen LogP contribution is 2.26. The van der Waals surface area contributed by atoms with Crippen molar-refractivity contribution in [2.24, 2.45) is 0 Å². The first-order valence-electron chi connectivity index (χ1n) is 5.30. The Morgan fingerprint density at radius 2 is 1.94 bits per heavy atom. The first-order chi connectivity index (χ1) is 7.58. The van der Waals surface area contributed by atoms with Crippen LogP contribution in [0.1, 0.15) is 6.42 Å². The summed E-state index contributed by atoms with van der Waals surface area (Å²) in [4.78, 5) is 15.9. The number of benzene rings is 1. The summed E-state index contributed by atoms with van der Waals surface area (Å²) >= 11 is 3.48. The molecule has 1 unspecified atom stereocenters. The van der Waals surface area contributed by atoms with Crippen molar-refractivity contribution in [3.8, 4) is 0 Å². The lowest BCUT2D eigenvalue weighted by Crippen LogP contribution is -2.24. The van der Waals surface area contributed by atoms with Crippen LogP contribution in [-0.2, 0) is 4.79 Å². The first kappa shape index (κ1) is 11.5. The summed E-state index contributed by atoms with van der Waals surface area (Å²) in [6.07, 6.45) is 0.593. The summed E-state index contributed by atoms with van der Waals surface area (Å²) < 4.78 is 0. The third-order valence-electron chi connectivity index (χ3n) is 2.76. The smallest absolute Gasteiger partial charge is 0.228 e. The predicted molar refractivity (Wildman–Crippen MR) is 70.5 cm³/mol. The summed E-state index contributed by atoms with van der Waals surface area (Å²) in [5.41, 5.74) is 2.13. The minimum Gasteiger partial charge on any atom is -0.378 e. The van der Waals surface area contributed by atoms with Gasteiger partial charge in [0.15, 0.2) is 0 Å². The maximum atomic E-state index is 11.7. The van der Waals surface area contributed by atoms with Crippen molar-refractivity contribution in [1.29, 1.82) is 0 Å². The van der Waals surface area contributed by atoms with Gasteiger partial charge in [0.25, 0.3) is 0 Å². The maximum Gasteiger partial charge on any atom is 0.228 e. The molecule has 0 N–H and O–H groups in total. The molecule has 1 saturated heterocycles. The highest BCUT2D eigenvalue weighted by molar-refractivity contribution is 9.09. The number of nitrogens with zero attached hydrogens (tertiary/aromatic N) is 2. The summed E-state index contributed by atoms with van der Waals surface area (Å²) in [6, 6.07) is 8.06. The van der Waals surface area contributed by atoms with Crippen LogP contribution in [-0.4, -0.2) is 31.4 Å². The molecule has 0 aliphatic carbocycles. The number of amides is 1. The fourth-order valence-electron chi connectivity index (χ4n) is 1.84. The molecule has 1 aliphatic heterocycles. The van der Waals surface area contributed by atoms with Crippen molar-refractivity contribution in [3.63, 3.8) is 0 Å². The van der Waals surface area contributed by atoms with Gasteiger partial charge in [0.05, 0.1) is 0 Å². The second kappa shape index (κ2) is 4.45. The van der Waals surface area contributed by atoms with Gasteiger partial charge in [0, 0.05) is 43.3 Å². The predicted octanol–water partition coefficient (Wildman–Crippen LogP) is 2.25. The average Bonchev–Trinajstić information content (AvgIpc) is 2.58. The molecule has 86 valence electrons. The molecule has 1 fully saturated rings. The van der Waals surface area contributed by atoms with Crippen molar-refractivity contribution in [1.82, 2.24) is 0 Å². The Kier molecular flexibility index (Phi) is 3.19. The number of anilines is 2. The van der Waals surface area contributed by atoms with Gasteiger partial charge in [-0.2, -0.15) is 0 Å². The van der Waals surface area contributed by atoms with E-state index in [1.807, 2.05) is 48.2 Å². The van der Waals surface area contributed by atoms with Crippen LogP contribution in [0.4, 0.5) is 11.4 Å². The molecule has 16 heavy (non-hydrogen) atoms. The van der Waals surface area contributed by atoms with Gasteiger partial charge in [-0.05, 0) is 24.3 Å². The lowest BCUT2D eigenvalue weighted by molar-refractivity contribution is -0.117. The molecular formula is C12H15BrN2O. The monoisotopic (exact) mass is 282 g/mol. The van der Waals surface area contributed by atoms with E-state index in [0.29, 0.717) is 6.42 Å². The van der Waals surface area contributed by atoms with E-state index in [1.54, 1.807) is 0 Å². The molecule has 1 heterocycles. The van der Waals surface area contributed by atoms with Crippen molar-refractivity contribution in [2.45, 2.75) is 11.2 Å². The second-order valence-electron chi connectivity index (χ2n) is 4.22. The van der Waals surface area contributed by atoms with Crippen molar-refractivity contribution in [3.05, 3.63) is 24.3 Å². The van der Waals surface area contributed by atoms with Gasteiger partial charge in [-0.3, -0.25) is 4.79 Å². The zero-order chi connectivity index (χ0) is 11.7. The van der Waals surface area contributed by atoms with Gasteiger partial charge in [-0.15, -0.1) is 0 Å². The standard InChI is InChI=1S/C12H15BrN2O/c1-14(2)10-3-5-11(6-4-10)15-8-9(13)7-12(15)16/h3-6,9H,7-8H2,1-2H3. The van der Waals surface area contributed by atoms with Crippen LogP contribution in [0, 0.1) is 0 Å². The fourth-order valence-corrected chi connectivity index (χ4v) is 2.41. The molecule has 0 spiro atoms. The van der Waals surface area contributed by atoms with Crippen LogP contribution in [0.15, 0.2) is 24.3 Å². The first-order valence-corrected chi connectivity index (χ1v) is 6.21. The van der Waals surface area contributed by atoms with E-state index >= 15 is 0 Å². The highest BCUT2D eigenvalue weighted by atomic mass is 79.9. The molecule has 3 nitrogen and oxygen atoms in total. The number of alkyl halides is 1. The quantitative estimate of drug-likeness (QED) is 0.777. The van der Waals surface area contributed by atoms with Crippen molar-refractivity contribution in [2.75, 3.05) is 30.4 Å². The molecule has 1 atom stereocenters. The number of carbonyl (C=O) groups is 1. The summed E-state index contributed by atoms with van der Waals surface area (Å²) in [5, 5.41) is 0. The van der Waals surface area contributed by atoms with Gasteiger partial charge >= 0.3 is 0 Å². The topological polar surface area (TPSA) is 23.6 Å². The Bertz CT molecular complexity index is 389. The SMILES string of the molecule is CN(C)c1ccc(N2CC(Br)CC2=O)cc1. The number of carbonyl (C=O) groups excluding carboxylic acids is 1. The van der Waals surface area contributed by atoms with Gasteiger partial charge in [0.2, 0.25) is 5.91 Å². The summed E-state index contributed by atoms with van der Waals surface area (Å²) in [5.74, 6) is 0.194. The lowest BCUT2D eigenvalue weighted by Gasteiger charge is -2.18. The molecule has 4 heteroatoms. The molecule has 1 amide bonds. The van der Waals surface area contributed by atoms with Crippen LogP contribution in [0.3, 0.4) is 0 Å². The molecule has 0 radical (unpaired) electrons. The van der Waals surface area contributed by atoms with E-state index in [2.05, 4.69) is 15.9 Å². The zero-order valence-electron chi connectivity index (χ0n) is 9.48. The molecule has 0 saturated carbocycles. The second-order valence-corrected chi connectivity index (χ2v) is 5.51. The minimum absolute atomic E-state index is 0.194. The largest absolute Gasteiger partial charge is 0.378 e. The molecule has 0 bridgehead atoms. The van der Waals surface area contributed by atoms with Crippen LogP contribution >= 0.6 is 15.9 Å². The fraction of sp³-hybridized carbons (Fsp3) is 0.417. The van der Waals surface area contributed by atoms with Crippen molar-refractivity contribution < 1.29 is 4.79 Å². The summed E-state index contributed by atoms with van der Waals surface area (Å²) in [7, 11) is 4.01. The van der Waals surface area contributed by atoms with E-state index in [1.165, 1.54) is 0 Å². The van der Waals surface area contributed by atoms with E-state index in [0.717, 1.165) is 17.9 Å². The highest BCUT2D eigenvalue weighted by Gasteiger charge is 2.28. The van der Waals surface area contributed by atoms with Crippen LogP contribution < -0.4 is 9.80 Å². The van der Waals surface area contributed by atoms with Gasteiger partial charge in [-0.25, -0.2) is 0 Å². The van der Waals surface area contributed by atoms with E-state index in [-0.39, 0.29) is 10.7 Å². The Hall–Kier alpha value is -1.03. The number of hydrogen-bond acceptors (Lipinski definition) is 2. The Morgan fingerprint density at radius 3 is 2.38 bits per heavy atom. The molecule has 1 aliphatic rings. The third kappa shape index (κ3) is 2.21. The Morgan fingerprint density at radius 1 is 1.31 bits per heavy atom. The van der Waals surface area contributed by atoms with Gasteiger partial charge in [0.1, 0.15) is 0 Å². The van der Waals surface area contributed by atoms with E-state index in [9.17, 15) is 4.79 Å². The van der Waals surface area contributed by atoms with Crippen LogP contribution in [0.25, 0.3) is 0 Å². The Balaban J connectivity index is 2.19. The molecular weight excluding hydrogens is 268 g/mol. The van der Waals surface area contributed by atoms with Crippen LogP contribution in [0.5, 0.6) is 0 Å². The average molecular weight is 283 g/mol. The van der Waals surface area contributed by atoms with E-state index in [4.69, 9.17) is 0 Å². The Labute approximate surface area is 104 Å². The van der Waals surface area contributed by atoms with Gasteiger partial charge < -0.3 is 9.80 Å². The molecule has 1 aromatic carbocycles. The molecule has 1 aromatic rings. The maximum absolute atomic E-state index is 11.7. The van der Waals surface area contributed by atoms with Crippen molar-refractivity contribution >= 4 is 33.2 Å². The number of rotatable bonds is 2. The molecule has 2 rings (SSSR count). The number of halogens is 1. The lowest BCUT2D eigenvalue weighted by atomic mass is 10.2. The summed E-state index contributed by atoms with van der Waals surface area (Å²) in [6.45, 7) is 0.764. The van der Waals surface area contributed by atoms with Gasteiger partial charge in [-0.1, -0.05) is 15.9 Å². The zero-order valence-corrected chi connectivity index (χ0v) is 11.1.